The van der Waals surface area contributed by atoms with Crippen LogP contribution in [0, 0.1) is 12.8 Å². The fraction of sp³-hybridized carbons (Fsp3) is 0.222. The van der Waals surface area contributed by atoms with Gasteiger partial charge in [-0.25, -0.2) is 0 Å². The van der Waals surface area contributed by atoms with E-state index in [1.54, 1.807) is 24.3 Å². The van der Waals surface area contributed by atoms with Gasteiger partial charge in [0.15, 0.2) is 6.29 Å². The topological polar surface area (TPSA) is 129 Å². The van der Waals surface area contributed by atoms with E-state index in [-0.39, 0.29) is 30.8 Å². The number of nitrogens with zero attached hydrogens (tertiary/aromatic N) is 3. The van der Waals surface area contributed by atoms with E-state index in [2.05, 4.69) is 46.6 Å². The van der Waals surface area contributed by atoms with Crippen LogP contribution < -0.4 is 5.32 Å². The third-order valence-electron chi connectivity index (χ3n) is 7.21. The minimum atomic E-state index is -1.70. The summed E-state index contributed by atoms with van der Waals surface area (Å²) in [6, 6.07) is 30.2. The molecule has 0 radical (unpaired) electrons. The molecule has 0 spiro atoms. The summed E-state index contributed by atoms with van der Waals surface area (Å²) in [6.07, 6.45) is -1.30. The van der Waals surface area contributed by atoms with E-state index in [1.165, 1.54) is 10.5 Å². The number of nitrogens with one attached hydrogen (secondary N) is 1. The van der Waals surface area contributed by atoms with Gasteiger partial charge in [-0.2, -0.15) is 4.98 Å². The molecule has 9 nitrogen and oxygen atoms in total. The molecule has 0 fully saturated rings. The second-order valence-electron chi connectivity index (χ2n) is 11.5. The molecule has 3 N–H and O–H groups in total. The van der Waals surface area contributed by atoms with Gasteiger partial charge in [-0.15, -0.1) is 0 Å². The van der Waals surface area contributed by atoms with Crippen molar-refractivity contribution in [3.63, 3.8) is 0 Å². The molecule has 0 aliphatic heterocycles. The summed E-state index contributed by atoms with van der Waals surface area (Å²) in [7, 11) is 0. The minimum Gasteiger partial charge on any atom is -0.367 e. The number of carbonyl (C=O) groups excluding carboxylic acids is 2. The highest BCUT2D eigenvalue weighted by atomic mass is 16.5. The Morgan fingerprint density at radius 3 is 1.98 bits per heavy atom. The molecule has 0 unspecified atom stereocenters. The van der Waals surface area contributed by atoms with Gasteiger partial charge in [0.25, 0.3) is 11.8 Å². The Hall–Kier alpha value is -5.12. The van der Waals surface area contributed by atoms with Gasteiger partial charge in [-0.05, 0) is 65.9 Å². The van der Waals surface area contributed by atoms with Crippen LogP contribution >= 0.6 is 0 Å². The van der Waals surface area contributed by atoms with Crippen molar-refractivity contribution in [2.24, 2.45) is 5.92 Å². The Balaban J connectivity index is 1.24. The molecule has 0 saturated heterocycles. The summed E-state index contributed by atoms with van der Waals surface area (Å²) < 4.78 is 5.54. The Bertz CT molecular complexity index is 1730. The number of anilines is 1. The predicted molar refractivity (Wildman–Crippen MR) is 173 cm³/mol. The monoisotopic (exact) mass is 604 g/mol. The zero-order valence-corrected chi connectivity index (χ0v) is 25.5. The lowest BCUT2D eigenvalue weighted by Crippen LogP contribution is -2.37. The van der Waals surface area contributed by atoms with Crippen molar-refractivity contribution < 1.29 is 24.3 Å². The van der Waals surface area contributed by atoms with Gasteiger partial charge in [0.2, 0.25) is 11.7 Å². The number of aromatic nitrogens is 2. The number of hydrogen-bond donors (Lipinski definition) is 3. The Kier molecular flexibility index (Phi) is 9.82. The molecule has 5 aromatic rings. The molecule has 0 aliphatic rings. The van der Waals surface area contributed by atoms with Gasteiger partial charge < -0.3 is 25.0 Å². The standard InChI is InChI=1S/C36H36N4O5/c1-23(2)20-32(41)37-31-18-16-30(17-19-31)36(44)40(22-33(42)43)21-25-6-10-28(11-7-25)34-38-35(45-39-34)29-14-12-27(13-15-29)26-8-4-24(3)5-9-26/h4-19,23,33,42-43H,20-22H2,1-3H3,(H,37,41). The van der Waals surface area contributed by atoms with Crippen LogP contribution in [0.5, 0.6) is 0 Å². The van der Waals surface area contributed by atoms with Crippen LogP contribution in [0.3, 0.4) is 0 Å². The summed E-state index contributed by atoms with van der Waals surface area (Å²) in [5.74, 6) is 0.601. The number of rotatable bonds is 11. The van der Waals surface area contributed by atoms with Crippen molar-refractivity contribution in [2.75, 3.05) is 11.9 Å². The van der Waals surface area contributed by atoms with Gasteiger partial charge in [-0.3, -0.25) is 9.59 Å². The summed E-state index contributed by atoms with van der Waals surface area (Å²) >= 11 is 0. The van der Waals surface area contributed by atoms with Crippen LogP contribution in [0.25, 0.3) is 34.0 Å². The normalized spacial score (nSPS) is 11.2. The van der Waals surface area contributed by atoms with Crippen molar-refractivity contribution in [2.45, 2.75) is 40.0 Å². The van der Waals surface area contributed by atoms with Crippen molar-refractivity contribution in [3.05, 3.63) is 114 Å². The van der Waals surface area contributed by atoms with Crippen LogP contribution in [0.4, 0.5) is 5.69 Å². The zero-order chi connectivity index (χ0) is 31.9. The van der Waals surface area contributed by atoms with Gasteiger partial charge >= 0.3 is 0 Å². The number of aliphatic hydroxyl groups excluding tert-OH is 1. The third-order valence-corrected chi connectivity index (χ3v) is 7.21. The number of amides is 2. The molecule has 0 aliphatic carbocycles. The van der Waals surface area contributed by atoms with Crippen molar-refractivity contribution in [1.82, 2.24) is 15.0 Å². The number of hydrogen-bond acceptors (Lipinski definition) is 7. The van der Waals surface area contributed by atoms with Crippen LogP contribution in [0.2, 0.25) is 0 Å². The first-order chi connectivity index (χ1) is 21.6. The maximum Gasteiger partial charge on any atom is 0.258 e. The minimum absolute atomic E-state index is 0.0952. The Morgan fingerprint density at radius 2 is 1.38 bits per heavy atom. The highest BCUT2D eigenvalue weighted by molar-refractivity contribution is 5.96. The first kappa shape index (κ1) is 31.3. The van der Waals surface area contributed by atoms with Gasteiger partial charge in [0.05, 0.1) is 6.54 Å². The van der Waals surface area contributed by atoms with Crippen molar-refractivity contribution in [1.29, 1.82) is 0 Å². The van der Waals surface area contributed by atoms with Crippen LogP contribution in [0.15, 0.2) is 102 Å². The lowest BCUT2D eigenvalue weighted by molar-refractivity contribution is -0.116. The summed E-state index contributed by atoms with van der Waals surface area (Å²) in [4.78, 5) is 31.3. The molecule has 230 valence electrons. The average Bonchev–Trinajstić information content (AvgIpc) is 3.51. The maximum atomic E-state index is 13.3. The molecule has 9 heteroatoms. The SMILES string of the molecule is Cc1ccc(-c2ccc(-c3nc(-c4ccc(CN(CC(O)O)C(=O)c5ccc(NC(=O)CC(C)C)cc5)cc4)no3)cc2)cc1. The zero-order valence-electron chi connectivity index (χ0n) is 25.5. The first-order valence-corrected chi connectivity index (χ1v) is 14.8. The van der Waals surface area contributed by atoms with Gasteiger partial charge in [0, 0.05) is 35.3 Å². The lowest BCUT2D eigenvalue weighted by atomic mass is 10.0. The summed E-state index contributed by atoms with van der Waals surface area (Å²) in [5.41, 5.74) is 6.71. The molecule has 0 bridgehead atoms. The van der Waals surface area contributed by atoms with Crippen LogP contribution in [0.1, 0.15) is 41.8 Å². The fourth-order valence-electron chi connectivity index (χ4n) is 4.87. The molecule has 0 atom stereocenters. The molecule has 4 aromatic carbocycles. The molecule has 1 aromatic heterocycles. The van der Waals surface area contributed by atoms with E-state index in [0.717, 1.165) is 27.8 Å². The number of aliphatic hydroxyl groups is 2. The molecular formula is C36H36N4O5. The fourth-order valence-corrected chi connectivity index (χ4v) is 4.87. The van der Waals surface area contributed by atoms with Gasteiger partial charge in [0.1, 0.15) is 0 Å². The highest BCUT2D eigenvalue weighted by Crippen LogP contribution is 2.26. The Morgan fingerprint density at radius 1 is 0.800 bits per heavy atom. The smallest absolute Gasteiger partial charge is 0.258 e. The van der Waals surface area contributed by atoms with E-state index >= 15 is 0 Å². The summed E-state index contributed by atoms with van der Waals surface area (Å²) in [5, 5.41) is 26.3. The van der Waals surface area contributed by atoms with Crippen molar-refractivity contribution >= 4 is 17.5 Å². The maximum absolute atomic E-state index is 13.3. The first-order valence-electron chi connectivity index (χ1n) is 14.8. The predicted octanol–water partition coefficient (Wildman–Crippen LogP) is 6.32. The average molecular weight is 605 g/mol. The second kappa shape index (κ2) is 14.1. The van der Waals surface area contributed by atoms with Crippen LogP contribution in [-0.2, 0) is 11.3 Å². The van der Waals surface area contributed by atoms with Crippen molar-refractivity contribution in [3.8, 4) is 34.0 Å². The third kappa shape index (κ3) is 8.29. The Labute approximate surface area is 262 Å². The largest absolute Gasteiger partial charge is 0.367 e. The molecule has 2 amide bonds. The molecular weight excluding hydrogens is 568 g/mol. The lowest BCUT2D eigenvalue weighted by Gasteiger charge is -2.24. The number of benzene rings is 4. The summed E-state index contributed by atoms with van der Waals surface area (Å²) in [6.45, 7) is 5.87. The molecule has 5 rings (SSSR count). The van der Waals surface area contributed by atoms with E-state index in [9.17, 15) is 19.8 Å². The van der Waals surface area contributed by atoms with Crippen LogP contribution in [-0.4, -0.2) is 49.9 Å². The van der Waals surface area contributed by atoms with E-state index in [4.69, 9.17) is 4.52 Å². The van der Waals surface area contributed by atoms with E-state index in [1.807, 2.05) is 62.4 Å². The molecule has 45 heavy (non-hydrogen) atoms. The van der Waals surface area contributed by atoms with Gasteiger partial charge in [-0.1, -0.05) is 85.2 Å². The quantitative estimate of drug-likeness (QED) is 0.151. The number of carbonyl (C=O) groups is 2. The molecule has 1 heterocycles. The molecule has 0 saturated carbocycles. The van der Waals surface area contributed by atoms with E-state index < -0.39 is 6.29 Å². The second-order valence-corrected chi connectivity index (χ2v) is 11.5. The van der Waals surface area contributed by atoms with E-state index in [0.29, 0.717) is 29.4 Å². The highest BCUT2D eigenvalue weighted by Gasteiger charge is 2.20. The number of aryl methyl sites for hydroxylation is 1.